The number of methoxy groups -OCH3 is 1. The zero-order chi connectivity index (χ0) is 15.0. The van der Waals surface area contributed by atoms with Crippen LogP contribution in [0.3, 0.4) is 0 Å². The number of nitrogens with two attached hydrogens (primary N) is 1. The Morgan fingerprint density at radius 3 is 2.81 bits per heavy atom. The lowest BCUT2D eigenvalue weighted by Crippen LogP contribution is -2.04. The number of fused-ring (bicyclic) bond motifs is 1. The van der Waals surface area contributed by atoms with Gasteiger partial charge in [-0.05, 0) is 24.3 Å². The highest BCUT2D eigenvalue weighted by atomic mass is 19.1. The summed E-state index contributed by atoms with van der Waals surface area (Å²) in [6.07, 6.45) is 0. The molecule has 2 aromatic heterocycles. The SMILES string of the molecule is COc1ccc2nc(N)n(-c3ccc(F)cc3C#N)c2n1. The number of pyridine rings is 1. The van der Waals surface area contributed by atoms with Crippen molar-refractivity contribution >= 4 is 17.1 Å². The minimum absolute atomic E-state index is 0.144. The maximum Gasteiger partial charge on any atom is 0.215 e. The second-order valence-electron chi connectivity index (χ2n) is 4.28. The van der Waals surface area contributed by atoms with E-state index in [0.717, 1.165) is 6.07 Å². The number of halogens is 1. The molecule has 3 aromatic rings. The zero-order valence-corrected chi connectivity index (χ0v) is 11.0. The lowest BCUT2D eigenvalue weighted by Gasteiger charge is -2.08. The van der Waals surface area contributed by atoms with Crippen LogP contribution in [-0.2, 0) is 0 Å². The molecular formula is C14H10FN5O. The van der Waals surface area contributed by atoms with Crippen LogP contribution in [0, 0.1) is 17.1 Å². The van der Waals surface area contributed by atoms with Crippen molar-refractivity contribution in [1.29, 1.82) is 5.26 Å². The number of imidazole rings is 1. The van der Waals surface area contributed by atoms with Crippen LogP contribution in [-0.4, -0.2) is 21.6 Å². The van der Waals surface area contributed by atoms with Gasteiger partial charge >= 0.3 is 0 Å². The summed E-state index contributed by atoms with van der Waals surface area (Å²) in [6, 6.07) is 9.17. The Bertz CT molecular complexity index is 881. The lowest BCUT2D eigenvalue weighted by atomic mass is 10.2. The summed E-state index contributed by atoms with van der Waals surface area (Å²) in [5, 5.41) is 9.17. The number of ether oxygens (including phenoxy) is 1. The highest BCUT2D eigenvalue weighted by Gasteiger charge is 2.15. The van der Waals surface area contributed by atoms with Crippen molar-refractivity contribution in [3.63, 3.8) is 0 Å². The van der Waals surface area contributed by atoms with Crippen LogP contribution in [0.2, 0.25) is 0 Å². The molecule has 0 unspecified atom stereocenters. The van der Waals surface area contributed by atoms with E-state index in [9.17, 15) is 4.39 Å². The lowest BCUT2D eigenvalue weighted by molar-refractivity contribution is 0.399. The van der Waals surface area contributed by atoms with Gasteiger partial charge < -0.3 is 10.5 Å². The van der Waals surface area contributed by atoms with Gasteiger partial charge in [0.15, 0.2) is 5.65 Å². The standard InChI is InChI=1S/C14H10FN5O/c1-21-12-5-3-10-13(19-12)20(14(17)18-10)11-4-2-9(15)6-8(11)7-16/h2-6H,1H3,(H2,17,18). The number of nitrogens with zero attached hydrogens (tertiary/aromatic N) is 4. The van der Waals surface area contributed by atoms with Crippen molar-refractivity contribution < 1.29 is 9.13 Å². The summed E-state index contributed by atoms with van der Waals surface area (Å²) in [4.78, 5) is 8.47. The molecule has 0 saturated carbocycles. The fourth-order valence-corrected chi connectivity index (χ4v) is 2.10. The average molecular weight is 283 g/mol. The Balaban J connectivity index is 2.34. The van der Waals surface area contributed by atoms with Gasteiger partial charge in [0.2, 0.25) is 11.8 Å². The van der Waals surface area contributed by atoms with Crippen LogP contribution in [0.4, 0.5) is 10.3 Å². The van der Waals surface area contributed by atoms with E-state index in [1.807, 2.05) is 6.07 Å². The smallest absolute Gasteiger partial charge is 0.215 e. The molecule has 0 atom stereocenters. The molecule has 0 amide bonds. The van der Waals surface area contributed by atoms with Gasteiger partial charge in [0.25, 0.3) is 0 Å². The molecule has 0 bridgehead atoms. The van der Waals surface area contributed by atoms with Gasteiger partial charge in [0.1, 0.15) is 17.4 Å². The molecule has 2 N–H and O–H groups in total. The van der Waals surface area contributed by atoms with Crippen LogP contribution >= 0.6 is 0 Å². The predicted molar refractivity (Wildman–Crippen MR) is 74.5 cm³/mol. The number of anilines is 1. The molecule has 2 heterocycles. The first-order valence-corrected chi connectivity index (χ1v) is 6.03. The molecule has 3 rings (SSSR count). The van der Waals surface area contributed by atoms with Gasteiger partial charge in [-0.15, -0.1) is 0 Å². The highest BCUT2D eigenvalue weighted by Crippen LogP contribution is 2.26. The predicted octanol–water partition coefficient (Wildman–Crippen LogP) is 2.02. The fraction of sp³-hybridized carbons (Fsp3) is 0.0714. The van der Waals surface area contributed by atoms with Crippen LogP contribution < -0.4 is 10.5 Å². The second kappa shape index (κ2) is 4.76. The van der Waals surface area contributed by atoms with Crippen molar-refractivity contribution in [2.75, 3.05) is 12.8 Å². The van der Waals surface area contributed by atoms with E-state index < -0.39 is 5.82 Å². The Hall–Kier alpha value is -3.14. The quantitative estimate of drug-likeness (QED) is 0.777. The molecule has 1 aromatic carbocycles. The number of aromatic nitrogens is 3. The Morgan fingerprint density at radius 1 is 1.29 bits per heavy atom. The number of nitrogen functional groups attached to an aromatic ring is 1. The van der Waals surface area contributed by atoms with Crippen LogP contribution in [0.5, 0.6) is 5.88 Å². The van der Waals surface area contributed by atoms with Gasteiger partial charge in [0, 0.05) is 6.07 Å². The van der Waals surface area contributed by atoms with Crippen LogP contribution in [0.15, 0.2) is 30.3 Å². The molecule has 7 heteroatoms. The molecule has 0 spiro atoms. The van der Waals surface area contributed by atoms with Crippen molar-refractivity contribution in [3.05, 3.63) is 41.7 Å². The van der Waals surface area contributed by atoms with E-state index in [2.05, 4.69) is 9.97 Å². The van der Waals surface area contributed by atoms with Crippen molar-refractivity contribution in [1.82, 2.24) is 14.5 Å². The Kier molecular flexibility index (Phi) is 2.92. The van der Waals surface area contributed by atoms with E-state index in [-0.39, 0.29) is 11.5 Å². The Labute approximate surface area is 119 Å². The van der Waals surface area contributed by atoms with E-state index in [1.165, 1.54) is 23.8 Å². The molecule has 0 aliphatic heterocycles. The van der Waals surface area contributed by atoms with Crippen LogP contribution in [0.25, 0.3) is 16.9 Å². The number of benzene rings is 1. The molecule has 0 fully saturated rings. The fourth-order valence-electron chi connectivity index (χ4n) is 2.10. The Morgan fingerprint density at radius 2 is 2.10 bits per heavy atom. The molecule has 21 heavy (non-hydrogen) atoms. The summed E-state index contributed by atoms with van der Waals surface area (Å²) >= 11 is 0. The summed E-state index contributed by atoms with van der Waals surface area (Å²) in [5.41, 5.74) is 7.46. The maximum absolute atomic E-state index is 13.3. The van der Waals surface area contributed by atoms with Crippen molar-refractivity contribution in [2.24, 2.45) is 0 Å². The van der Waals surface area contributed by atoms with Gasteiger partial charge in [-0.25, -0.2) is 9.37 Å². The number of nitriles is 1. The van der Waals surface area contributed by atoms with Gasteiger partial charge in [0.05, 0.1) is 18.4 Å². The van der Waals surface area contributed by atoms with Crippen LogP contribution in [0.1, 0.15) is 5.56 Å². The molecular weight excluding hydrogens is 273 g/mol. The number of hydrogen-bond acceptors (Lipinski definition) is 5. The van der Waals surface area contributed by atoms with E-state index in [1.54, 1.807) is 12.1 Å². The zero-order valence-electron chi connectivity index (χ0n) is 11.0. The van der Waals surface area contributed by atoms with Crippen molar-refractivity contribution in [2.45, 2.75) is 0 Å². The summed E-state index contributed by atoms with van der Waals surface area (Å²) < 4.78 is 19.8. The first-order chi connectivity index (χ1) is 10.1. The van der Waals surface area contributed by atoms with E-state index in [4.69, 9.17) is 15.7 Å². The third kappa shape index (κ3) is 2.03. The molecule has 0 radical (unpaired) electrons. The summed E-state index contributed by atoms with van der Waals surface area (Å²) in [5.74, 6) is 0.0574. The van der Waals surface area contributed by atoms with E-state index >= 15 is 0 Å². The topological polar surface area (TPSA) is 89.8 Å². The minimum atomic E-state index is -0.496. The number of hydrogen-bond donors (Lipinski definition) is 1. The molecule has 104 valence electrons. The highest BCUT2D eigenvalue weighted by molar-refractivity contribution is 5.78. The molecule has 0 saturated heterocycles. The van der Waals surface area contributed by atoms with Gasteiger partial charge in [-0.3, -0.25) is 4.57 Å². The van der Waals surface area contributed by atoms with Crippen molar-refractivity contribution in [3.8, 4) is 17.6 Å². The number of rotatable bonds is 2. The third-order valence-corrected chi connectivity index (χ3v) is 3.03. The van der Waals surface area contributed by atoms with Gasteiger partial charge in [-0.1, -0.05) is 0 Å². The average Bonchev–Trinajstić information content (AvgIpc) is 2.82. The summed E-state index contributed by atoms with van der Waals surface area (Å²) in [6.45, 7) is 0. The monoisotopic (exact) mass is 283 g/mol. The summed E-state index contributed by atoms with van der Waals surface area (Å²) in [7, 11) is 1.50. The molecule has 0 aliphatic rings. The normalized spacial score (nSPS) is 10.5. The van der Waals surface area contributed by atoms with E-state index in [0.29, 0.717) is 22.7 Å². The molecule has 0 aliphatic carbocycles. The second-order valence-corrected chi connectivity index (χ2v) is 4.28. The third-order valence-electron chi connectivity index (χ3n) is 3.03. The largest absolute Gasteiger partial charge is 0.481 e. The van der Waals surface area contributed by atoms with Gasteiger partial charge in [-0.2, -0.15) is 10.2 Å². The first kappa shape index (κ1) is 12.9. The molecule has 6 nitrogen and oxygen atoms in total. The maximum atomic E-state index is 13.3. The minimum Gasteiger partial charge on any atom is -0.481 e. The first-order valence-electron chi connectivity index (χ1n) is 6.03.